The number of aryl methyl sites for hydroxylation is 1. The molecule has 6 nitrogen and oxygen atoms in total. The zero-order valence-corrected chi connectivity index (χ0v) is 15.7. The van der Waals surface area contributed by atoms with Gasteiger partial charge in [0, 0.05) is 5.69 Å². The van der Waals surface area contributed by atoms with Crippen molar-refractivity contribution in [2.75, 3.05) is 17.7 Å². The molecule has 0 aliphatic heterocycles. The Balaban J connectivity index is 1.60. The third-order valence-corrected chi connectivity index (χ3v) is 4.10. The molecule has 0 bridgehead atoms. The van der Waals surface area contributed by atoms with Crippen molar-refractivity contribution in [2.45, 2.75) is 13.3 Å². The maximum absolute atomic E-state index is 12.1. The highest BCUT2D eigenvalue weighted by Crippen LogP contribution is 2.28. The summed E-state index contributed by atoms with van der Waals surface area (Å²) in [6.07, 6.45) is 0.285. The molecule has 0 spiro atoms. The molecule has 0 atom stereocenters. The zero-order chi connectivity index (χ0) is 19.2. The molecule has 1 aromatic heterocycles. The lowest BCUT2D eigenvalue weighted by molar-refractivity contribution is -0.115. The van der Waals surface area contributed by atoms with Gasteiger partial charge in [-0.1, -0.05) is 41.4 Å². The molecular weight excluding hydrogens is 364 g/mol. The van der Waals surface area contributed by atoms with Gasteiger partial charge in [0.25, 0.3) is 0 Å². The van der Waals surface area contributed by atoms with Crippen molar-refractivity contribution in [3.05, 3.63) is 70.7 Å². The predicted molar refractivity (Wildman–Crippen MR) is 107 cm³/mol. The second kappa shape index (κ2) is 8.51. The highest BCUT2D eigenvalue weighted by atomic mass is 35.5. The summed E-state index contributed by atoms with van der Waals surface area (Å²) in [5.41, 5.74) is 2.83. The Kier molecular flexibility index (Phi) is 5.88. The van der Waals surface area contributed by atoms with Crippen LogP contribution in [0.5, 0.6) is 5.75 Å². The monoisotopic (exact) mass is 382 g/mol. The lowest BCUT2D eigenvalue weighted by Crippen LogP contribution is -2.15. The first-order valence-corrected chi connectivity index (χ1v) is 8.71. The van der Waals surface area contributed by atoms with Gasteiger partial charge >= 0.3 is 0 Å². The van der Waals surface area contributed by atoms with E-state index in [-0.39, 0.29) is 12.3 Å². The minimum atomic E-state index is -0.141. The lowest BCUT2D eigenvalue weighted by atomic mass is 10.1. The molecule has 27 heavy (non-hydrogen) atoms. The fourth-order valence-corrected chi connectivity index (χ4v) is 2.81. The number of benzene rings is 2. The van der Waals surface area contributed by atoms with Crippen molar-refractivity contribution in [3.8, 4) is 5.75 Å². The third-order valence-electron chi connectivity index (χ3n) is 3.80. The second-order valence-corrected chi connectivity index (χ2v) is 6.40. The highest BCUT2D eigenvalue weighted by Gasteiger charge is 2.07. The zero-order valence-electron chi connectivity index (χ0n) is 15.0. The van der Waals surface area contributed by atoms with Crippen LogP contribution in [0.3, 0.4) is 0 Å². The maximum Gasteiger partial charge on any atom is 0.229 e. The summed E-state index contributed by atoms with van der Waals surface area (Å²) in [6, 6.07) is 16.6. The van der Waals surface area contributed by atoms with Gasteiger partial charge in [0.05, 0.1) is 18.6 Å². The molecular formula is C20H19ClN4O2. The fourth-order valence-electron chi connectivity index (χ4n) is 2.55. The average molecular weight is 383 g/mol. The van der Waals surface area contributed by atoms with E-state index in [0.717, 1.165) is 16.8 Å². The number of rotatable bonds is 6. The van der Waals surface area contributed by atoms with Crippen LogP contribution in [-0.2, 0) is 11.2 Å². The van der Waals surface area contributed by atoms with Crippen molar-refractivity contribution in [3.63, 3.8) is 0 Å². The minimum absolute atomic E-state index is 0.141. The van der Waals surface area contributed by atoms with E-state index in [2.05, 4.69) is 20.8 Å². The summed E-state index contributed by atoms with van der Waals surface area (Å²) in [5, 5.41) is 14.4. The first-order valence-electron chi connectivity index (χ1n) is 8.33. The third kappa shape index (κ3) is 5.18. The number of aromatic nitrogens is 2. The van der Waals surface area contributed by atoms with Gasteiger partial charge in [-0.15, -0.1) is 10.2 Å². The molecule has 3 aromatic rings. The van der Waals surface area contributed by atoms with E-state index in [1.54, 1.807) is 31.4 Å². The van der Waals surface area contributed by atoms with Crippen LogP contribution in [0.2, 0.25) is 5.02 Å². The minimum Gasteiger partial charge on any atom is -0.495 e. The van der Waals surface area contributed by atoms with Crippen LogP contribution in [0.15, 0.2) is 54.6 Å². The van der Waals surface area contributed by atoms with Crippen LogP contribution < -0.4 is 15.4 Å². The number of hydrogen-bond donors (Lipinski definition) is 2. The Hall–Kier alpha value is -3.12. The highest BCUT2D eigenvalue weighted by molar-refractivity contribution is 6.32. The Labute approximate surface area is 162 Å². The van der Waals surface area contributed by atoms with E-state index in [1.165, 1.54) is 0 Å². The van der Waals surface area contributed by atoms with Gasteiger partial charge in [0.15, 0.2) is 11.6 Å². The number of nitrogens with zero attached hydrogens (tertiary/aromatic N) is 2. The van der Waals surface area contributed by atoms with Crippen molar-refractivity contribution in [1.82, 2.24) is 10.2 Å². The summed E-state index contributed by atoms with van der Waals surface area (Å²) in [4.78, 5) is 12.1. The Morgan fingerprint density at radius 1 is 1.07 bits per heavy atom. The summed E-state index contributed by atoms with van der Waals surface area (Å²) in [7, 11) is 1.56. The van der Waals surface area contributed by atoms with Crippen LogP contribution in [0.1, 0.15) is 11.1 Å². The first kappa shape index (κ1) is 18.7. The summed E-state index contributed by atoms with van der Waals surface area (Å²) in [6.45, 7) is 1.99. The predicted octanol–water partition coefficient (Wildman–Crippen LogP) is 4.37. The normalized spacial score (nSPS) is 10.3. The van der Waals surface area contributed by atoms with Crippen molar-refractivity contribution in [1.29, 1.82) is 0 Å². The number of methoxy groups -OCH3 is 1. The summed E-state index contributed by atoms with van der Waals surface area (Å²) >= 11 is 6.11. The quantitative estimate of drug-likeness (QED) is 0.662. The number of carbonyl (C=O) groups is 1. The first-order chi connectivity index (χ1) is 13.0. The van der Waals surface area contributed by atoms with Gasteiger partial charge in [-0.25, -0.2) is 0 Å². The Morgan fingerprint density at radius 2 is 1.85 bits per heavy atom. The number of halogens is 1. The van der Waals surface area contributed by atoms with E-state index >= 15 is 0 Å². The van der Waals surface area contributed by atoms with Crippen LogP contribution in [0.25, 0.3) is 0 Å². The fraction of sp³-hybridized carbons (Fsp3) is 0.150. The van der Waals surface area contributed by atoms with Crippen LogP contribution in [-0.4, -0.2) is 23.2 Å². The average Bonchev–Trinajstić information content (AvgIpc) is 2.63. The molecule has 0 fully saturated rings. The second-order valence-electron chi connectivity index (χ2n) is 5.99. The molecule has 0 radical (unpaired) electrons. The van der Waals surface area contributed by atoms with Gasteiger partial charge in [0.2, 0.25) is 5.91 Å². The van der Waals surface area contributed by atoms with E-state index in [9.17, 15) is 4.79 Å². The largest absolute Gasteiger partial charge is 0.495 e. The summed E-state index contributed by atoms with van der Waals surface area (Å²) < 4.78 is 5.12. The topological polar surface area (TPSA) is 76.1 Å². The standard InChI is InChI=1S/C20H19ClN4O2/c1-13-4-3-5-14(10-13)11-20(26)23-19-9-8-18(24-25-19)22-15-6-7-17(27-2)16(21)12-15/h3-10,12H,11H2,1-2H3,(H,22,24)(H,23,25,26). The molecule has 2 N–H and O–H groups in total. The molecule has 0 aliphatic carbocycles. The van der Waals surface area contributed by atoms with E-state index in [1.807, 2.05) is 37.3 Å². The van der Waals surface area contributed by atoms with Crippen molar-refractivity contribution in [2.24, 2.45) is 0 Å². The van der Waals surface area contributed by atoms with Crippen LogP contribution in [0.4, 0.5) is 17.3 Å². The Bertz CT molecular complexity index is 945. The molecule has 2 aromatic carbocycles. The number of anilines is 3. The number of nitrogens with one attached hydrogen (secondary N) is 2. The van der Waals surface area contributed by atoms with Crippen molar-refractivity contribution < 1.29 is 9.53 Å². The van der Waals surface area contributed by atoms with E-state index in [4.69, 9.17) is 16.3 Å². The molecule has 138 valence electrons. The lowest BCUT2D eigenvalue weighted by Gasteiger charge is -2.09. The van der Waals surface area contributed by atoms with Gasteiger partial charge in [-0.2, -0.15) is 0 Å². The van der Waals surface area contributed by atoms with Gasteiger partial charge in [-0.3, -0.25) is 4.79 Å². The Morgan fingerprint density at radius 3 is 2.52 bits per heavy atom. The van der Waals surface area contributed by atoms with Crippen LogP contribution >= 0.6 is 11.6 Å². The molecule has 0 saturated heterocycles. The number of ether oxygens (including phenoxy) is 1. The molecule has 7 heteroatoms. The number of amides is 1. The van der Waals surface area contributed by atoms with Gasteiger partial charge < -0.3 is 15.4 Å². The number of carbonyl (C=O) groups excluding carboxylic acids is 1. The van der Waals surface area contributed by atoms with E-state index in [0.29, 0.717) is 22.4 Å². The molecule has 0 saturated carbocycles. The van der Waals surface area contributed by atoms with Crippen molar-refractivity contribution >= 4 is 34.8 Å². The number of hydrogen-bond acceptors (Lipinski definition) is 5. The maximum atomic E-state index is 12.1. The molecule has 0 aliphatic rings. The molecule has 1 amide bonds. The van der Waals surface area contributed by atoms with E-state index < -0.39 is 0 Å². The summed E-state index contributed by atoms with van der Waals surface area (Å²) in [5.74, 6) is 1.39. The van der Waals surface area contributed by atoms with Gasteiger partial charge in [-0.05, 0) is 42.8 Å². The van der Waals surface area contributed by atoms with Crippen LogP contribution in [0, 0.1) is 6.92 Å². The molecule has 3 rings (SSSR count). The SMILES string of the molecule is COc1ccc(Nc2ccc(NC(=O)Cc3cccc(C)c3)nn2)cc1Cl. The molecule has 0 unspecified atom stereocenters. The molecule has 1 heterocycles. The smallest absolute Gasteiger partial charge is 0.229 e. The van der Waals surface area contributed by atoms with Gasteiger partial charge in [0.1, 0.15) is 5.75 Å².